The second-order valence-corrected chi connectivity index (χ2v) is 6.56. The van der Waals surface area contributed by atoms with Gasteiger partial charge in [0.15, 0.2) is 5.76 Å². The Morgan fingerprint density at radius 2 is 2.21 bits per heavy atom. The number of hydrogen-bond donors (Lipinski definition) is 1. The van der Waals surface area contributed by atoms with Crippen LogP contribution in [0, 0.1) is 0 Å². The Morgan fingerprint density at radius 1 is 1.38 bits per heavy atom. The minimum atomic E-state index is -0.590. The van der Waals surface area contributed by atoms with Crippen molar-refractivity contribution in [1.82, 2.24) is 9.88 Å². The van der Waals surface area contributed by atoms with Gasteiger partial charge >= 0.3 is 0 Å². The standard InChI is InChI=1S/C18H18N2O3S/c1-2-3-9-20-15(12-6-4-8-19-11-12)14(17(22)18(20)23)16(21)13-7-5-10-24-13/h4-8,10-11,15,22H,2-3,9H2,1H3. The lowest BCUT2D eigenvalue weighted by molar-refractivity contribution is -0.129. The van der Waals surface area contributed by atoms with Gasteiger partial charge in [-0.05, 0) is 29.5 Å². The average Bonchev–Trinajstić information content (AvgIpc) is 3.22. The van der Waals surface area contributed by atoms with E-state index in [4.69, 9.17) is 0 Å². The van der Waals surface area contributed by atoms with Crippen molar-refractivity contribution >= 4 is 23.0 Å². The molecule has 0 fully saturated rings. The maximum absolute atomic E-state index is 12.9. The van der Waals surface area contributed by atoms with Gasteiger partial charge in [0.25, 0.3) is 5.91 Å². The predicted octanol–water partition coefficient (Wildman–Crippen LogP) is 3.52. The van der Waals surface area contributed by atoms with Crippen LogP contribution in [0.5, 0.6) is 0 Å². The molecule has 24 heavy (non-hydrogen) atoms. The summed E-state index contributed by atoms with van der Waals surface area (Å²) in [6.45, 7) is 2.52. The van der Waals surface area contributed by atoms with Gasteiger partial charge in [-0.3, -0.25) is 14.6 Å². The molecule has 3 heterocycles. The number of aliphatic hydroxyl groups is 1. The Kier molecular flexibility index (Phi) is 4.76. The lowest BCUT2D eigenvalue weighted by Gasteiger charge is -2.26. The van der Waals surface area contributed by atoms with Gasteiger partial charge in [-0.25, -0.2) is 0 Å². The highest BCUT2D eigenvalue weighted by Gasteiger charge is 2.43. The molecular weight excluding hydrogens is 324 g/mol. The molecule has 0 aromatic carbocycles. The molecule has 124 valence electrons. The molecule has 0 aliphatic carbocycles. The molecule has 1 atom stereocenters. The van der Waals surface area contributed by atoms with E-state index in [-0.39, 0.29) is 11.4 Å². The van der Waals surface area contributed by atoms with Gasteiger partial charge in [0.1, 0.15) is 0 Å². The minimum absolute atomic E-state index is 0.145. The fourth-order valence-electron chi connectivity index (χ4n) is 2.87. The van der Waals surface area contributed by atoms with Crippen LogP contribution >= 0.6 is 11.3 Å². The number of nitrogens with zero attached hydrogens (tertiary/aromatic N) is 2. The molecule has 6 heteroatoms. The molecule has 3 rings (SSSR count). The van der Waals surface area contributed by atoms with E-state index in [1.807, 2.05) is 13.0 Å². The fraction of sp³-hybridized carbons (Fsp3) is 0.278. The van der Waals surface area contributed by atoms with E-state index in [1.165, 1.54) is 11.3 Å². The first-order valence-electron chi connectivity index (χ1n) is 7.87. The number of pyridine rings is 1. The lowest BCUT2D eigenvalue weighted by Crippen LogP contribution is -2.32. The number of aliphatic hydroxyl groups excluding tert-OH is 1. The molecule has 5 nitrogen and oxygen atoms in total. The van der Waals surface area contributed by atoms with Crippen LogP contribution in [0.1, 0.15) is 41.0 Å². The first-order valence-corrected chi connectivity index (χ1v) is 8.75. The number of carbonyl (C=O) groups excluding carboxylic acids is 2. The summed E-state index contributed by atoms with van der Waals surface area (Å²) in [6, 6.07) is 6.48. The van der Waals surface area contributed by atoms with E-state index in [1.54, 1.807) is 40.9 Å². The predicted molar refractivity (Wildman–Crippen MR) is 91.9 cm³/mol. The number of ketones is 1. The van der Waals surface area contributed by atoms with Crippen LogP contribution in [0.25, 0.3) is 0 Å². The monoisotopic (exact) mass is 342 g/mol. The Morgan fingerprint density at radius 3 is 2.83 bits per heavy atom. The highest BCUT2D eigenvalue weighted by Crippen LogP contribution is 2.39. The van der Waals surface area contributed by atoms with E-state index >= 15 is 0 Å². The summed E-state index contributed by atoms with van der Waals surface area (Å²) >= 11 is 1.30. The zero-order valence-corrected chi connectivity index (χ0v) is 14.1. The molecule has 1 amide bonds. The van der Waals surface area contributed by atoms with Crippen molar-refractivity contribution in [3.8, 4) is 0 Å². The second-order valence-electron chi connectivity index (χ2n) is 5.61. The second kappa shape index (κ2) is 6.97. The van der Waals surface area contributed by atoms with Crippen molar-refractivity contribution in [2.24, 2.45) is 0 Å². The summed E-state index contributed by atoms with van der Waals surface area (Å²) in [6.07, 6.45) is 4.99. The van der Waals surface area contributed by atoms with E-state index in [0.717, 1.165) is 18.4 Å². The van der Waals surface area contributed by atoms with E-state index in [9.17, 15) is 14.7 Å². The molecule has 1 aliphatic heterocycles. The summed E-state index contributed by atoms with van der Waals surface area (Å²) in [4.78, 5) is 31.6. The van der Waals surface area contributed by atoms with Crippen LogP contribution in [-0.2, 0) is 4.79 Å². The number of rotatable bonds is 6. The van der Waals surface area contributed by atoms with Gasteiger partial charge in [-0.2, -0.15) is 0 Å². The molecule has 2 aromatic rings. The van der Waals surface area contributed by atoms with Crippen LogP contribution in [0.2, 0.25) is 0 Å². The highest BCUT2D eigenvalue weighted by molar-refractivity contribution is 7.12. The molecule has 1 unspecified atom stereocenters. The molecule has 0 spiro atoms. The molecule has 2 aromatic heterocycles. The Labute approximate surface area is 144 Å². The quantitative estimate of drug-likeness (QED) is 0.816. The molecule has 0 bridgehead atoms. The van der Waals surface area contributed by atoms with Crippen LogP contribution in [0.4, 0.5) is 0 Å². The number of amides is 1. The largest absolute Gasteiger partial charge is 0.503 e. The molecule has 0 radical (unpaired) electrons. The topological polar surface area (TPSA) is 70.5 Å². The van der Waals surface area contributed by atoms with Crippen molar-refractivity contribution in [3.05, 3.63) is 63.8 Å². The van der Waals surface area contributed by atoms with Gasteiger partial charge in [0.2, 0.25) is 5.78 Å². The van der Waals surface area contributed by atoms with Crippen molar-refractivity contribution in [2.75, 3.05) is 6.54 Å². The van der Waals surface area contributed by atoms with Crippen LogP contribution in [-0.4, -0.2) is 33.2 Å². The van der Waals surface area contributed by atoms with Gasteiger partial charge < -0.3 is 10.0 Å². The van der Waals surface area contributed by atoms with Crippen molar-refractivity contribution in [1.29, 1.82) is 0 Å². The van der Waals surface area contributed by atoms with E-state index in [2.05, 4.69) is 4.98 Å². The number of aromatic nitrogens is 1. The van der Waals surface area contributed by atoms with E-state index < -0.39 is 17.7 Å². The smallest absolute Gasteiger partial charge is 0.290 e. The average molecular weight is 342 g/mol. The highest BCUT2D eigenvalue weighted by atomic mass is 32.1. The number of hydrogen-bond acceptors (Lipinski definition) is 5. The summed E-state index contributed by atoms with van der Waals surface area (Å²) < 4.78 is 0. The number of carbonyl (C=O) groups is 2. The molecule has 0 saturated heterocycles. The summed E-state index contributed by atoms with van der Waals surface area (Å²) in [5, 5.41) is 12.2. The van der Waals surface area contributed by atoms with Crippen LogP contribution in [0.3, 0.4) is 0 Å². The third-order valence-corrected chi connectivity index (χ3v) is 4.91. The van der Waals surface area contributed by atoms with Crippen molar-refractivity contribution in [3.63, 3.8) is 0 Å². The Bertz CT molecular complexity index is 769. The Balaban J connectivity index is 2.06. The maximum atomic E-state index is 12.9. The summed E-state index contributed by atoms with van der Waals surface area (Å²) in [7, 11) is 0. The van der Waals surface area contributed by atoms with Crippen molar-refractivity contribution < 1.29 is 14.7 Å². The summed E-state index contributed by atoms with van der Waals surface area (Å²) in [5.41, 5.74) is 0.873. The normalized spacial score (nSPS) is 17.6. The SMILES string of the molecule is CCCCN1C(=O)C(O)=C(C(=O)c2cccs2)C1c1cccnc1. The summed E-state index contributed by atoms with van der Waals surface area (Å²) in [5.74, 6) is -1.24. The number of Topliss-reactive ketones (excluding diaryl/α,β-unsaturated/α-hetero) is 1. The van der Waals surface area contributed by atoms with Gasteiger partial charge in [0, 0.05) is 18.9 Å². The van der Waals surface area contributed by atoms with Crippen molar-refractivity contribution in [2.45, 2.75) is 25.8 Å². The molecule has 1 aliphatic rings. The minimum Gasteiger partial charge on any atom is -0.503 e. The van der Waals surface area contributed by atoms with Gasteiger partial charge in [-0.1, -0.05) is 25.5 Å². The zero-order valence-electron chi connectivity index (χ0n) is 13.3. The fourth-order valence-corrected chi connectivity index (χ4v) is 3.55. The first-order chi connectivity index (χ1) is 11.6. The zero-order chi connectivity index (χ0) is 17.1. The first kappa shape index (κ1) is 16.4. The third-order valence-electron chi connectivity index (χ3n) is 4.05. The van der Waals surface area contributed by atoms with Crippen LogP contribution in [0.15, 0.2) is 53.4 Å². The number of thiophene rings is 1. The Hall–Kier alpha value is -2.47. The lowest BCUT2D eigenvalue weighted by atomic mass is 9.96. The number of unbranched alkanes of at least 4 members (excludes halogenated alkanes) is 1. The van der Waals surface area contributed by atoms with E-state index in [0.29, 0.717) is 11.4 Å². The molecule has 1 N–H and O–H groups in total. The molecule has 0 saturated carbocycles. The molecular formula is C18H18N2O3S. The van der Waals surface area contributed by atoms with Gasteiger partial charge in [0.05, 0.1) is 16.5 Å². The maximum Gasteiger partial charge on any atom is 0.290 e. The van der Waals surface area contributed by atoms with Crippen LogP contribution < -0.4 is 0 Å². The third kappa shape index (κ3) is 2.85. The van der Waals surface area contributed by atoms with Gasteiger partial charge in [-0.15, -0.1) is 11.3 Å².